The maximum absolute atomic E-state index is 12.8. The van der Waals surface area contributed by atoms with Crippen molar-refractivity contribution in [2.24, 2.45) is 17.3 Å². The molecule has 25 heavy (non-hydrogen) atoms. The van der Waals surface area contributed by atoms with Crippen LogP contribution < -0.4 is 0 Å². The van der Waals surface area contributed by atoms with Gasteiger partial charge in [0.15, 0.2) is 0 Å². The molecule has 4 rings (SSSR count). The average molecular weight is 345 g/mol. The summed E-state index contributed by atoms with van der Waals surface area (Å²) in [5.41, 5.74) is 0.733. The van der Waals surface area contributed by atoms with E-state index in [1.807, 2.05) is 35.2 Å². The Morgan fingerprint density at radius 3 is 2.80 bits per heavy atom. The van der Waals surface area contributed by atoms with Crippen LogP contribution in [0.1, 0.15) is 23.2 Å². The molecule has 1 amide bonds. The van der Waals surface area contributed by atoms with Crippen molar-refractivity contribution in [3.05, 3.63) is 35.9 Å². The van der Waals surface area contributed by atoms with Gasteiger partial charge in [-0.25, -0.2) is 0 Å². The van der Waals surface area contributed by atoms with Gasteiger partial charge in [-0.1, -0.05) is 18.2 Å². The summed E-state index contributed by atoms with van der Waals surface area (Å²) in [7, 11) is 0. The summed E-state index contributed by atoms with van der Waals surface area (Å²) in [6.45, 7) is 6.13. The second kappa shape index (κ2) is 7.44. The third-order valence-corrected chi connectivity index (χ3v) is 5.91. The Morgan fingerprint density at radius 1 is 1.20 bits per heavy atom. The zero-order valence-electron chi connectivity index (χ0n) is 14.7. The number of carbonyl (C=O) groups is 1. The molecule has 1 aromatic rings. The van der Waals surface area contributed by atoms with Crippen LogP contribution in [0.3, 0.4) is 0 Å². The SMILES string of the molecule is O=C(c1ccccc1)N1C[C@@H]2COC[C@]2(COCC2CCOCC2)C1. The normalized spacial score (nSPS) is 29.8. The molecule has 3 aliphatic rings. The van der Waals surface area contributed by atoms with E-state index in [1.54, 1.807) is 0 Å². The molecule has 0 N–H and O–H groups in total. The molecule has 0 aromatic heterocycles. The zero-order valence-corrected chi connectivity index (χ0v) is 14.7. The van der Waals surface area contributed by atoms with Crippen molar-refractivity contribution in [2.45, 2.75) is 12.8 Å². The summed E-state index contributed by atoms with van der Waals surface area (Å²) in [6.07, 6.45) is 2.18. The Bertz CT molecular complexity index is 587. The summed E-state index contributed by atoms with van der Waals surface area (Å²) >= 11 is 0. The number of rotatable bonds is 5. The van der Waals surface area contributed by atoms with E-state index >= 15 is 0 Å². The van der Waals surface area contributed by atoms with Crippen molar-refractivity contribution in [3.8, 4) is 0 Å². The maximum atomic E-state index is 12.8. The number of fused-ring (bicyclic) bond motifs is 1. The molecular weight excluding hydrogens is 318 g/mol. The zero-order chi connectivity index (χ0) is 17.1. The third-order valence-electron chi connectivity index (χ3n) is 5.91. The van der Waals surface area contributed by atoms with E-state index in [4.69, 9.17) is 14.2 Å². The second-order valence-corrected chi connectivity index (χ2v) is 7.70. The summed E-state index contributed by atoms with van der Waals surface area (Å²) in [5, 5.41) is 0. The summed E-state index contributed by atoms with van der Waals surface area (Å²) in [4.78, 5) is 14.8. The fourth-order valence-corrected chi connectivity index (χ4v) is 4.30. The van der Waals surface area contributed by atoms with Crippen molar-refractivity contribution in [1.29, 1.82) is 0 Å². The molecule has 0 bridgehead atoms. The number of hydrogen-bond acceptors (Lipinski definition) is 4. The monoisotopic (exact) mass is 345 g/mol. The molecule has 1 aromatic carbocycles. The molecule has 3 saturated heterocycles. The highest BCUT2D eigenvalue weighted by Crippen LogP contribution is 2.42. The molecule has 3 fully saturated rings. The summed E-state index contributed by atoms with van der Waals surface area (Å²) in [6, 6.07) is 9.55. The van der Waals surface area contributed by atoms with E-state index in [0.29, 0.717) is 25.0 Å². The third kappa shape index (κ3) is 3.59. The van der Waals surface area contributed by atoms with E-state index in [0.717, 1.165) is 57.9 Å². The van der Waals surface area contributed by atoms with Crippen LogP contribution in [0.4, 0.5) is 0 Å². The molecule has 0 unspecified atom stereocenters. The lowest BCUT2D eigenvalue weighted by Crippen LogP contribution is -2.38. The molecule has 0 radical (unpaired) electrons. The van der Waals surface area contributed by atoms with Gasteiger partial charge in [-0.15, -0.1) is 0 Å². The Morgan fingerprint density at radius 2 is 2.00 bits per heavy atom. The van der Waals surface area contributed by atoms with Gasteiger partial charge >= 0.3 is 0 Å². The van der Waals surface area contributed by atoms with Crippen LogP contribution in [0.5, 0.6) is 0 Å². The molecule has 136 valence electrons. The standard InChI is InChI=1S/C20H27NO4/c22-19(17-4-2-1-3-5-17)21-10-18-12-25-15-20(18,13-21)14-24-11-16-6-8-23-9-7-16/h1-5,16,18H,6-15H2/t18-,20-/m1/s1. The highest BCUT2D eigenvalue weighted by molar-refractivity contribution is 5.94. The minimum atomic E-state index is -0.0321. The first-order valence-electron chi connectivity index (χ1n) is 9.34. The Balaban J connectivity index is 1.36. The van der Waals surface area contributed by atoms with E-state index in [-0.39, 0.29) is 11.3 Å². The first-order valence-corrected chi connectivity index (χ1v) is 9.34. The Labute approximate surface area is 149 Å². The van der Waals surface area contributed by atoms with Gasteiger partial charge in [0, 0.05) is 49.8 Å². The van der Waals surface area contributed by atoms with Crippen LogP contribution in [0.25, 0.3) is 0 Å². The fraction of sp³-hybridized carbons (Fsp3) is 0.650. The molecule has 2 atom stereocenters. The molecule has 3 aliphatic heterocycles. The molecule has 3 heterocycles. The lowest BCUT2D eigenvalue weighted by atomic mass is 9.82. The summed E-state index contributed by atoms with van der Waals surface area (Å²) < 4.78 is 17.3. The van der Waals surface area contributed by atoms with Crippen molar-refractivity contribution in [3.63, 3.8) is 0 Å². The van der Waals surface area contributed by atoms with Gasteiger partial charge < -0.3 is 19.1 Å². The van der Waals surface area contributed by atoms with Crippen molar-refractivity contribution in [2.75, 3.05) is 52.7 Å². The molecule has 0 saturated carbocycles. The van der Waals surface area contributed by atoms with Gasteiger partial charge in [0.25, 0.3) is 5.91 Å². The lowest BCUT2D eigenvalue weighted by molar-refractivity contribution is -0.0150. The minimum Gasteiger partial charge on any atom is -0.381 e. The van der Waals surface area contributed by atoms with Gasteiger partial charge in [0.05, 0.1) is 19.8 Å². The van der Waals surface area contributed by atoms with Crippen LogP contribution in [-0.2, 0) is 14.2 Å². The number of hydrogen-bond donors (Lipinski definition) is 0. The number of nitrogens with zero attached hydrogens (tertiary/aromatic N) is 1. The number of carbonyl (C=O) groups excluding carboxylic acids is 1. The van der Waals surface area contributed by atoms with E-state index in [1.165, 1.54) is 0 Å². The lowest BCUT2D eigenvalue weighted by Gasteiger charge is -2.29. The minimum absolute atomic E-state index is 0.0321. The first kappa shape index (κ1) is 17.0. The smallest absolute Gasteiger partial charge is 0.253 e. The largest absolute Gasteiger partial charge is 0.381 e. The van der Waals surface area contributed by atoms with E-state index in [2.05, 4.69) is 0 Å². The van der Waals surface area contributed by atoms with Gasteiger partial charge in [-0.3, -0.25) is 4.79 Å². The van der Waals surface area contributed by atoms with E-state index < -0.39 is 0 Å². The van der Waals surface area contributed by atoms with Crippen molar-refractivity contribution in [1.82, 2.24) is 4.90 Å². The van der Waals surface area contributed by atoms with Crippen LogP contribution in [0.15, 0.2) is 30.3 Å². The first-order chi connectivity index (χ1) is 12.3. The Hall–Kier alpha value is -1.43. The van der Waals surface area contributed by atoms with Crippen molar-refractivity contribution < 1.29 is 19.0 Å². The van der Waals surface area contributed by atoms with Crippen LogP contribution in [0.2, 0.25) is 0 Å². The highest BCUT2D eigenvalue weighted by Gasteiger charge is 2.52. The molecular formula is C20H27NO4. The predicted octanol–water partition coefficient (Wildman–Crippen LogP) is 2.22. The fourth-order valence-electron chi connectivity index (χ4n) is 4.30. The quantitative estimate of drug-likeness (QED) is 0.821. The van der Waals surface area contributed by atoms with Gasteiger partial charge in [0.1, 0.15) is 0 Å². The Kier molecular flexibility index (Phi) is 5.06. The van der Waals surface area contributed by atoms with Crippen LogP contribution >= 0.6 is 0 Å². The molecule has 0 aliphatic carbocycles. The van der Waals surface area contributed by atoms with E-state index in [9.17, 15) is 4.79 Å². The maximum Gasteiger partial charge on any atom is 0.253 e. The molecule has 5 heteroatoms. The predicted molar refractivity (Wildman–Crippen MR) is 93.4 cm³/mol. The van der Waals surface area contributed by atoms with Gasteiger partial charge in [-0.2, -0.15) is 0 Å². The molecule has 0 spiro atoms. The number of ether oxygens (including phenoxy) is 3. The number of likely N-dealkylation sites (tertiary alicyclic amines) is 1. The average Bonchev–Trinajstić information content (AvgIpc) is 3.20. The van der Waals surface area contributed by atoms with Crippen LogP contribution in [-0.4, -0.2) is 63.5 Å². The van der Waals surface area contributed by atoms with Gasteiger partial charge in [-0.05, 0) is 30.9 Å². The van der Waals surface area contributed by atoms with Crippen LogP contribution in [0, 0.1) is 17.3 Å². The summed E-state index contributed by atoms with van der Waals surface area (Å²) in [5.74, 6) is 1.11. The second-order valence-electron chi connectivity index (χ2n) is 7.70. The number of benzene rings is 1. The highest BCUT2D eigenvalue weighted by atomic mass is 16.5. The van der Waals surface area contributed by atoms with Crippen molar-refractivity contribution >= 4 is 5.91 Å². The topological polar surface area (TPSA) is 48.0 Å². The number of amides is 1. The molecule has 5 nitrogen and oxygen atoms in total. The van der Waals surface area contributed by atoms with Gasteiger partial charge in [0.2, 0.25) is 0 Å².